The number of aromatic amines is 1. The van der Waals surface area contributed by atoms with Gasteiger partial charge in [0.05, 0.1) is 5.25 Å². The molecular formula is C8H11N3OS. The number of aromatic nitrogens is 3. The highest BCUT2D eigenvalue weighted by Gasteiger charge is 2.23. The minimum atomic E-state index is 0.0988. The first-order valence-electron chi connectivity index (χ1n) is 4.41. The standard InChI is InChI=1S/C8H11N3OS/c12-6-3-1-2-4-7(6)13-8-9-5-10-11-8/h5,7H,1-4H2,(H,9,10,11). The molecule has 1 saturated carbocycles. The summed E-state index contributed by atoms with van der Waals surface area (Å²) in [4.78, 5) is 15.4. The Hall–Kier alpha value is -0.840. The molecule has 1 aromatic rings. The van der Waals surface area contributed by atoms with Gasteiger partial charge in [0.2, 0.25) is 0 Å². The van der Waals surface area contributed by atoms with Crippen LogP contribution in [0.3, 0.4) is 0 Å². The molecule has 4 nitrogen and oxygen atoms in total. The maximum atomic E-state index is 11.4. The maximum Gasteiger partial charge on any atom is 0.184 e. The Labute approximate surface area is 80.5 Å². The fourth-order valence-electron chi connectivity index (χ4n) is 1.46. The molecule has 0 aliphatic heterocycles. The van der Waals surface area contributed by atoms with E-state index in [0.717, 1.165) is 30.8 Å². The van der Waals surface area contributed by atoms with Gasteiger partial charge in [-0.05, 0) is 12.8 Å². The lowest BCUT2D eigenvalue weighted by molar-refractivity contribution is -0.119. The first-order valence-corrected chi connectivity index (χ1v) is 5.29. The van der Waals surface area contributed by atoms with E-state index in [2.05, 4.69) is 15.2 Å². The van der Waals surface area contributed by atoms with Gasteiger partial charge in [0.25, 0.3) is 0 Å². The van der Waals surface area contributed by atoms with E-state index in [-0.39, 0.29) is 5.25 Å². The van der Waals surface area contributed by atoms with E-state index < -0.39 is 0 Å². The summed E-state index contributed by atoms with van der Waals surface area (Å²) in [5.41, 5.74) is 0. The van der Waals surface area contributed by atoms with Crippen molar-refractivity contribution in [2.45, 2.75) is 36.1 Å². The number of rotatable bonds is 2. The number of ketones is 1. The van der Waals surface area contributed by atoms with E-state index in [1.165, 1.54) is 18.1 Å². The summed E-state index contributed by atoms with van der Waals surface area (Å²) in [6.07, 6.45) is 5.37. The fraction of sp³-hybridized carbons (Fsp3) is 0.625. The van der Waals surface area contributed by atoms with Crippen molar-refractivity contribution in [2.24, 2.45) is 0 Å². The van der Waals surface area contributed by atoms with Crippen molar-refractivity contribution in [3.63, 3.8) is 0 Å². The highest BCUT2D eigenvalue weighted by molar-refractivity contribution is 8.00. The number of carbonyl (C=O) groups excluding carboxylic acids is 1. The lowest BCUT2D eigenvalue weighted by atomic mass is 9.99. The van der Waals surface area contributed by atoms with E-state index in [1.54, 1.807) is 0 Å². The molecule has 13 heavy (non-hydrogen) atoms. The Bertz CT molecular complexity index is 286. The first kappa shape index (κ1) is 8.74. The van der Waals surface area contributed by atoms with Gasteiger partial charge in [0.1, 0.15) is 12.1 Å². The molecule has 1 unspecified atom stereocenters. The highest BCUT2D eigenvalue weighted by atomic mass is 32.2. The van der Waals surface area contributed by atoms with Crippen molar-refractivity contribution in [2.75, 3.05) is 0 Å². The van der Waals surface area contributed by atoms with E-state index in [1.807, 2.05) is 0 Å². The minimum absolute atomic E-state index is 0.0988. The van der Waals surface area contributed by atoms with E-state index >= 15 is 0 Å². The zero-order valence-corrected chi connectivity index (χ0v) is 8.01. The van der Waals surface area contributed by atoms with Crippen LogP contribution in [-0.2, 0) is 4.79 Å². The molecular weight excluding hydrogens is 186 g/mol. The van der Waals surface area contributed by atoms with Crippen LogP contribution in [0.5, 0.6) is 0 Å². The third kappa shape index (κ3) is 2.09. The molecule has 0 bridgehead atoms. The summed E-state index contributed by atoms with van der Waals surface area (Å²) in [5.74, 6) is 0.354. The third-order valence-corrected chi connectivity index (χ3v) is 3.35. The number of hydrogen-bond donors (Lipinski definition) is 1. The number of nitrogens with one attached hydrogen (secondary N) is 1. The molecule has 70 valence electrons. The van der Waals surface area contributed by atoms with Crippen LogP contribution in [0.25, 0.3) is 0 Å². The van der Waals surface area contributed by atoms with Gasteiger partial charge in [-0.1, -0.05) is 18.2 Å². The van der Waals surface area contributed by atoms with E-state index in [4.69, 9.17) is 0 Å². The molecule has 1 fully saturated rings. The number of H-pyrrole nitrogens is 1. The van der Waals surface area contributed by atoms with Gasteiger partial charge < -0.3 is 0 Å². The SMILES string of the molecule is O=C1CCCCC1Sc1ncn[nH]1. The van der Waals surface area contributed by atoms with Gasteiger partial charge in [0, 0.05) is 6.42 Å². The van der Waals surface area contributed by atoms with Crippen LogP contribution in [0.4, 0.5) is 0 Å². The molecule has 1 N–H and O–H groups in total. The normalized spacial score (nSPS) is 23.4. The summed E-state index contributed by atoms with van der Waals surface area (Å²) < 4.78 is 0. The van der Waals surface area contributed by atoms with Crippen LogP contribution in [0, 0.1) is 0 Å². The van der Waals surface area contributed by atoms with Crippen LogP contribution in [0.15, 0.2) is 11.5 Å². The Kier molecular flexibility index (Phi) is 2.63. The Morgan fingerprint density at radius 2 is 2.46 bits per heavy atom. The quantitative estimate of drug-likeness (QED) is 0.778. The van der Waals surface area contributed by atoms with Gasteiger partial charge in [-0.3, -0.25) is 9.89 Å². The first-order chi connectivity index (χ1) is 6.36. The second-order valence-electron chi connectivity index (χ2n) is 3.11. The van der Waals surface area contributed by atoms with Crippen LogP contribution in [0.1, 0.15) is 25.7 Å². The minimum Gasteiger partial charge on any atom is -0.298 e. The predicted molar refractivity (Wildman–Crippen MR) is 49.5 cm³/mol. The van der Waals surface area contributed by atoms with Gasteiger partial charge >= 0.3 is 0 Å². The second kappa shape index (κ2) is 3.91. The maximum absolute atomic E-state index is 11.4. The molecule has 0 amide bonds. The molecule has 0 saturated heterocycles. The fourth-order valence-corrected chi connectivity index (χ4v) is 2.48. The third-order valence-electron chi connectivity index (χ3n) is 2.15. The molecule has 1 aliphatic carbocycles. The van der Waals surface area contributed by atoms with Crippen molar-refractivity contribution >= 4 is 17.5 Å². The number of thioether (sulfide) groups is 1. The molecule has 0 spiro atoms. The Balaban J connectivity index is 1.97. The monoisotopic (exact) mass is 197 g/mol. The lowest BCUT2D eigenvalue weighted by Gasteiger charge is -2.18. The zero-order chi connectivity index (χ0) is 9.10. The number of Topliss-reactive ketones (excluding diaryl/α,β-unsaturated/α-hetero) is 1. The molecule has 5 heteroatoms. The smallest absolute Gasteiger partial charge is 0.184 e. The number of nitrogens with zero attached hydrogens (tertiary/aromatic N) is 2. The predicted octanol–water partition coefficient (Wildman–Crippen LogP) is 1.41. The van der Waals surface area contributed by atoms with Crippen molar-refractivity contribution < 1.29 is 4.79 Å². The molecule has 2 rings (SSSR count). The summed E-state index contributed by atoms with van der Waals surface area (Å²) in [6.45, 7) is 0. The lowest BCUT2D eigenvalue weighted by Crippen LogP contribution is -2.21. The molecule has 1 aliphatic rings. The van der Waals surface area contributed by atoms with Crippen LogP contribution < -0.4 is 0 Å². The van der Waals surface area contributed by atoms with Crippen LogP contribution >= 0.6 is 11.8 Å². The van der Waals surface area contributed by atoms with E-state index in [9.17, 15) is 4.79 Å². The summed E-state index contributed by atoms with van der Waals surface area (Å²) in [5, 5.41) is 7.35. The largest absolute Gasteiger partial charge is 0.298 e. The summed E-state index contributed by atoms with van der Waals surface area (Å²) in [7, 11) is 0. The number of hydrogen-bond acceptors (Lipinski definition) is 4. The second-order valence-corrected chi connectivity index (χ2v) is 4.30. The number of carbonyl (C=O) groups is 1. The van der Waals surface area contributed by atoms with Gasteiger partial charge in [-0.15, -0.1) is 0 Å². The molecule has 1 aromatic heterocycles. The summed E-state index contributed by atoms with van der Waals surface area (Å²) >= 11 is 1.50. The van der Waals surface area contributed by atoms with Crippen LogP contribution in [0.2, 0.25) is 0 Å². The van der Waals surface area contributed by atoms with Crippen molar-refractivity contribution in [1.82, 2.24) is 15.2 Å². The van der Waals surface area contributed by atoms with Gasteiger partial charge in [-0.25, -0.2) is 4.98 Å². The summed E-state index contributed by atoms with van der Waals surface area (Å²) in [6, 6.07) is 0. The topological polar surface area (TPSA) is 58.6 Å². The molecule has 1 atom stereocenters. The molecule has 0 aromatic carbocycles. The Morgan fingerprint density at radius 3 is 3.15 bits per heavy atom. The van der Waals surface area contributed by atoms with Gasteiger partial charge in [0.15, 0.2) is 5.16 Å². The van der Waals surface area contributed by atoms with Gasteiger partial charge in [-0.2, -0.15) is 5.10 Å². The van der Waals surface area contributed by atoms with Crippen LogP contribution in [-0.4, -0.2) is 26.2 Å². The van der Waals surface area contributed by atoms with E-state index in [0.29, 0.717) is 5.78 Å². The average Bonchev–Trinajstić information content (AvgIpc) is 2.61. The van der Waals surface area contributed by atoms with Crippen molar-refractivity contribution in [1.29, 1.82) is 0 Å². The van der Waals surface area contributed by atoms with Crippen molar-refractivity contribution in [3.05, 3.63) is 6.33 Å². The zero-order valence-electron chi connectivity index (χ0n) is 7.19. The van der Waals surface area contributed by atoms with Crippen molar-refractivity contribution in [3.8, 4) is 0 Å². The average molecular weight is 197 g/mol. The highest BCUT2D eigenvalue weighted by Crippen LogP contribution is 2.28. The molecule has 0 radical (unpaired) electrons. The Morgan fingerprint density at radius 1 is 1.54 bits per heavy atom. The molecule has 1 heterocycles.